The second kappa shape index (κ2) is 9.77. The zero-order valence-corrected chi connectivity index (χ0v) is 19.0. The lowest BCUT2D eigenvalue weighted by Crippen LogP contribution is -2.35. The minimum atomic E-state index is -0.209. The van der Waals surface area contributed by atoms with Crippen molar-refractivity contribution in [1.29, 1.82) is 0 Å². The van der Waals surface area contributed by atoms with Crippen molar-refractivity contribution in [3.63, 3.8) is 0 Å². The first-order chi connectivity index (χ1) is 15.7. The van der Waals surface area contributed by atoms with Crippen LogP contribution in [-0.4, -0.2) is 41.1 Å². The minimum Gasteiger partial charge on any atom is -0.487 e. The van der Waals surface area contributed by atoms with Gasteiger partial charge < -0.3 is 14.4 Å². The Kier molecular flexibility index (Phi) is 6.44. The van der Waals surface area contributed by atoms with E-state index in [1.165, 1.54) is 4.70 Å². The zero-order chi connectivity index (χ0) is 21.8. The maximum atomic E-state index is 6.71. The molecule has 1 saturated heterocycles. The zero-order valence-electron chi connectivity index (χ0n) is 18.2. The first kappa shape index (κ1) is 21.1. The number of pyridine rings is 1. The van der Waals surface area contributed by atoms with E-state index in [1.807, 2.05) is 36.4 Å². The Balaban J connectivity index is 1.41. The highest BCUT2D eigenvalue weighted by Crippen LogP contribution is 2.36. The summed E-state index contributed by atoms with van der Waals surface area (Å²) in [5.74, 6) is 0.811. The number of benzene rings is 2. The van der Waals surface area contributed by atoms with Crippen LogP contribution < -0.4 is 4.74 Å². The molecule has 0 aliphatic carbocycles. The van der Waals surface area contributed by atoms with E-state index in [0.717, 1.165) is 53.5 Å². The molecule has 0 spiro atoms. The molecule has 164 valence electrons. The summed E-state index contributed by atoms with van der Waals surface area (Å²) in [7, 11) is 2.17. The summed E-state index contributed by atoms with van der Waals surface area (Å²) in [4.78, 5) is 11.6. The molecule has 32 heavy (non-hydrogen) atoms. The maximum absolute atomic E-state index is 6.71. The van der Waals surface area contributed by atoms with E-state index >= 15 is 0 Å². The molecule has 4 aromatic rings. The quantitative estimate of drug-likeness (QED) is 0.377. The number of ether oxygens (including phenoxy) is 2. The van der Waals surface area contributed by atoms with E-state index in [0.29, 0.717) is 6.61 Å². The number of nitrogens with zero attached hydrogens (tertiary/aromatic N) is 3. The summed E-state index contributed by atoms with van der Waals surface area (Å²) < 4.78 is 13.9. The molecule has 5 rings (SSSR count). The van der Waals surface area contributed by atoms with Gasteiger partial charge in [-0.15, -0.1) is 11.3 Å². The molecule has 0 N–H and O–H groups in total. The van der Waals surface area contributed by atoms with Crippen LogP contribution in [0.1, 0.15) is 35.2 Å². The molecule has 0 radical (unpaired) electrons. The molecule has 1 atom stereocenters. The van der Waals surface area contributed by atoms with Gasteiger partial charge in [0.2, 0.25) is 0 Å². The Morgan fingerprint density at radius 1 is 1.03 bits per heavy atom. The van der Waals surface area contributed by atoms with Gasteiger partial charge in [-0.3, -0.25) is 4.98 Å². The average Bonchev–Trinajstić information content (AvgIpc) is 3.27. The number of piperidine rings is 1. The van der Waals surface area contributed by atoms with Crippen molar-refractivity contribution in [3.8, 4) is 5.75 Å². The lowest BCUT2D eigenvalue weighted by Gasteiger charge is -2.31. The highest BCUT2D eigenvalue weighted by Gasteiger charge is 2.26. The fourth-order valence-corrected chi connectivity index (χ4v) is 5.04. The molecule has 1 aliphatic heterocycles. The van der Waals surface area contributed by atoms with E-state index in [4.69, 9.17) is 14.5 Å². The molecule has 1 aliphatic rings. The fraction of sp³-hybridized carbons (Fsp3) is 0.308. The highest BCUT2D eigenvalue weighted by molar-refractivity contribution is 7.18. The van der Waals surface area contributed by atoms with Crippen molar-refractivity contribution in [2.45, 2.75) is 31.7 Å². The Labute approximate surface area is 192 Å². The molecule has 2 aromatic heterocycles. The van der Waals surface area contributed by atoms with Crippen LogP contribution in [0.15, 0.2) is 72.9 Å². The third-order valence-corrected chi connectivity index (χ3v) is 6.88. The lowest BCUT2D eigenvalue weighted by molar-refractivity contribution is -0.0235. The van der Waals surface area contributed by atoms with E-state index in [1.54, 1.807) is 17.5 Å². The Hall–Kier alpha value is -2.80. The fourth-order valence-electron chi connectivity index (χ4n) is 4.00. The summed E-state index contributed by atoms with van der Waals surface area (Å²) in [5, 5.41) is 0.993. The lowest BCUT2D eigenvalue weighted by atomic mass is 10.1. The van der Waals surface area contributed by atoms with E-state index in [2.05, 4.69) is 47.3 Å². The number of aromatic nitrogens is 2. The number of para-hydroxylation sites is 1. The van der Waals surface area contributed by atoms with Crippen molar-refractivity contribution < 1.29 is 9.47 Å². The predicted molar refractivity (Wildman–Crippen MR) is 128 cm³/mol. The third-order valence-electron chi connectivity index (χ3n) is 5.80. The molecule has 0 amide bonds. The van der Waals surface area contributed by atoms with Gasteiger partial charge in [-0.05, 0) is 61.9 Å². The van der Waals surface area contributed by atoms with Gasteiger partial charge in [0.1, 0.15) is 23.5 Å². The van der Waals surface area contributed by atoms with Gasteiger partial charge >= 0.3 is 0 Å². The Morgan fingerprint density at radius 3 is 2.69 bits per heavy atom. The van der Waals surface area contributed by atoms with Crippen molar-refractivity contribution in [1.82, 2.24) is 14.9 Å². The largest absolute Gasteiger partial charge is 0.487 e. The van der Waals surface area contributed by atoms with Gasteiger partial charge in [-0.2, -0.15) is 0 Å². The minimum absolute atomic E-state index is 0.209. The van der Waals surface area contributed by atoms with E-state index in [9.17, 15) is 0 Å². The number of thiazole rings is 1. The first-order valence-electron chi connectivity index (χ1n) is 11.1. The molecule has 0 saturated carbocycles. The molecule has 3 heterocycles. The predicted octanol–water partition coefficient (Wildman–Crippen LogP) is 5.47. The van der Waals surface area contributed by atoms with Crippen LogP contribution in [0, 0.1) is 0 Å². The number of likely N-dealkylation sites (tertiary alicyclic amines) is 1. The Bertz CT molecular complexity index is 1120. The highest BCUT2D eigenvalue weighted by atomic mass is 32.1. The van der Waals surface area contributed by atoms with Crippen LogP contribution in [-0.2, 0) is 11.3 Å². The van der Waals surface area contributed by atoms with E-state index in [-0.39, 0.29) is 12.2 Å². The van der Waals surface area contributed by atoms with Gasteiger partial charge in [0.15, 0.2) is 0 Å². The van der Waals surface area contributed by atoms with Crippen LogP contribution in [0.2, 0.25) is 0 Å². The van der Waals surface area contributed by atoms with Crippen LogP contribution in [0.4, 0.5) is 0 Å². The molecular weight excluding hydrogens is 418 g/mol. The van der Waals surface area contributed by atoms with Crippen LogP contribution in [0.3, 0.4) is 0 Å². The second-order valence-corrected chi connectivity index (χ2v) is 9.28. The molecule has 0 bridgehead atoms. The third kappa shape index (κ3) is 4.99. The van der Waals surface area contributed by atoms with Crippen LogP contribution >= 0.6 is 11.3 Å². The van der Waals surface area contributed by atoms with Crippen LogP contribution in [0.5, 0.6) is 5.75 Å². The molecule has 2 aromatic carbocycles. The van der Waals surface area contributed by atoms with E-state index < -0.39 is 0 Å². The first-order valence-corrected chi connectivity index (χ1v) is 11.9. The van der Waals surface area contributed by atoms with Gasteiger partial charge in [-0.25, -0.2) is 4.98 Å². The molecular formula is C26H27N3O2S. The molecule has 6 heteroatoms. The van der Waals surface area contributed by atoms with Crippen LogP contribution in [0.25, 0.3) is 10.2 Å². The summed E-state index contributed by atoms with van der Waals surface area (Å²) in [6.45, 7) is 2.56. The summed E-state index contributed by atoms with van der Waals surface area (Å²) in [5.41, 5.74) is 3.00. The van der Waals surface area contributed by atoms with Crippen molar-refractivity contribution in [2.24, 2.45) is 0 Å². The number of rotatable bonds is 7. The smallest absolute Gasteiger partial charge is 0.135 e. The van der Waals surface area contributed by atoms with Crippen molar-refractivity contribution >= 4 is 21.6 Å². The monoisotopic (exact) mass is 445 g/mol. The molecule has 1 unspecified atom stereocenters. The van der Waals surface area contributed by atoms with Gasteiger partial charge in [-0.1, -0.05) is 30.3 Å². The van der Waals surface area contributed by atoms with Crippen molar-refractivity contribution in [3.05, 3.63) is 89.2 Å². The SMILES string of the molecule is CN1CCC(OC(c2cccc(OCc3ccccn3)c2)c2nc3ccccc3s2)CC1. The Morgan fingerprint density at radius 2 is 1.88 bits per heavy atom. The molecule has 5 nitrogen and oxygen atoms in total. The normalized spacial score (nSPS) is 16.3. The number of hydrogen-bond donors (Lipinski definition) is 0. The molecule has 1 fully saturated rings. The summed E-state index contributed by atoms with van der Waals surface area (Å²) >= 11 is 1.71. The average molecular weight is 446 g/mol. The van der Waals surface area contributed by atoms with Crippen molar-refractivity contribution in [2.75, 3.05) is 20.1 Å². The van der Waals surface area contributed by atoms with Gasteiger partial charge in [0.25, 0.3) is 0 Å². The standard InChI is InChI=1S/C26H27N3O2S/c1-29-15-12-21(13-16-29)31-25(26-28-23-10-2-3-11-24(23)32-26)19-7-6-9-22(17-19)30-18-20-8-4-5-14-27-20/h2-11,14,17,21,25H,12-13,15-16,18H2,1H3. The summed E-state index contributed by atoms with van der Waals surface area (Å²) in [6.07, 6.45) is 3.87. The number of fused-ring (bicyclic) bond motifs is 1. The number of hydrogen-bond acceptors (Lipinski definition) is 6. The van der Waals surface area contributed by atoms with Gasteiger partial charge in [0.05, 0.1) is 22.0 Å². The summed E-state index contributed by atoms with van der Waals surface area (Å²) in [6, 6.07) is 22.3. The second-order valence-electron chi connectivity index (χ2n) is 8.22. The topological polar surface area (TPSA) is 47.5 Å². The van der Waals surface area contributed by atoms with Gasteiger partial charge in [0, 0.05) is 19.3 Å². The maximum Gasteiger partial charge on any atom is 0.135 e.